The standard InChI is InChI=1S/C20H17ClF3NO6.C4H10O/c1-3-30-18(26)8-11(2)31-19(27)15-9-12(4-7-17(15)25(28)29)14-6-5-13(10-16(14)21)20(22,23)24;1-3-5-4-2/h4-7,9-11H,3,8H2,1-2H3;3-4H2,1-2H3. The van der Waals surface area contributed by atoms with Gasteiger partial charge in [0.15, 0.2) is 0 Å². The number of nitrogens with zero attached hydrogens (tertiary/aromatic N) is 1. The van der Waals surface area contributed by atoms with Crippen molar-refractivity contribution in [2.75, 3.05) is 19.8 Å². The van der Waals surface area contributed by atoms with Gasteiger partial charge >= 0.3 is 18.1 Å². The van der Waals surface area contributed by atoms with Crippen LogP contribution in [-0.4, -0.2) is 42.8 Å². The molecule has 0 radical (unpaired) electrons. The van der Waals surface area contributed by atoms with Crippen LogP contribution in [0, 0.1) is 10.1 Å². The number of carbonyl (C=O) groups excluding carboxylic acids is 2. The van der Waals surface area contributed by atoms with Crippen molar-refractivity contribution in [2.24, 2.45) is 0 Å². The van der Waals surface area contributed by atoms with Gasteiger partial charge < -0.3 is 14.2 Å². The van der Waals surface area contributed by atoms with Crippen LogP contribution in [0.15, 0.2) is 36.4 Å². The van der Waals surface area contributed by atoms with Crippen LogP contribution in [0.2, 0.25) is 5.02 Å². The highest BCUT2D eigenvalue weighted by Crippen LogP contribution is 2.37. The third-order valence-corrected chi connectivity index (χ3v) is 4.81. The number of benzene rings is 2. The van der Waals surface area contributed by atoms with E-state index in [1.54, 1.807) is 6.92 Å². The highest BCUT2D eigenvalue weighted by Gasteiger charge is 2.31. The average molecular weight is 534 g/mol. The number of carbonyl (C=O) groups is 2. The zero-order valence-electron chi connectivity index (χ0n) is 20.2. The molecule has 0 bridgehead atoms. The predicted octanol–water partition coefficient (Wildman–Crippen LogP) is 6.48. The van der Waals surface area contributed by atoms with Crippen molar-refractivity contribution in [3.05, 3.63) is 62.7 Å². The number of nitro groups is 1. The first kappa shape index (κ1) is 30.9. The molecule has 0 aliphatic heterocycles. The van der Waals surface area contributed by atoms with Crippen molar-refractivity contribution in [1.82, 2.24) is 0 Å². The minimum Gasteiger partial charge on any atom is -0.466 e. The van der Waals surface area contributed by atoms with Crippen LogP contribution in [0.4, 0.5) is 18.9 Å². The van der Waals surface area contributed by atoms with Crippen LogP contribution in [0.5, 0.6) is 0 Å². The lowest BCUT2D eigenvalue weighted by Crippen LogP contribution is -2.20. The summed E-state index contributed by atoms with van der Waals surface area (Å²) in [7, 11) is 0. The maximum absolute atomic E-state index is 12.8. The van der Waals surface area contributed by atoms with Gasteiger partial charge in [-0.15, -0.1) is 0 Å². The lowest BCUT2D eigenvalue weighted by atomic mass is 10.00. The fourth-order valence-corrected chi connectivity index (χ4v) is 3.19. The zero-order chi connectivity index (χ0) is 27.5. The van der Waals surface area contributed by atoms with E-state index < -0.39 is 46.0 Å². The molecule has 0 N–H and O–H groups in total. The molecule has 2 aromatic rings. The van der Waals surface area contributed by atoms with Gasteiger partial charge in [0.1, 0.15) is 11.7 Å². The Morgan fingerprint density at radius 2 is 1.69 bits per heavy atom. The molecule has 0 heterocycles. The summed E-state index contributed by atoms with van der Waals surface area (Å²) >= 11 is 5.97. The first-order valence-corrected chi connectivity index (χ1v) is 11.3. The quantitative estimate of drug-likeness (QED) is 0.206. The Kier molecular flexibility index (Phi) is 12.3. The van der Waals surface area contributed by atoms with Crippen LogP contribution in [0.3, 0.4) is 0 Å². The molecule has 0 saturated heterocycles. The van der Waals surface area contributed by atoms with E-state index in [2.05, 4.69) is 0 Å². The highest BCUT2D eigenvalue weighted by atomic mass is 35.5. The van der Waals surface area contributed by atoms with Gasteiger partial charge in [0.05, 0.1) is 23.5 Å². The van der Waals surface area contributed by atoms with Gasteiger partial charge in [-0.2, -0.15) is 13.2 Å². The normalized spacial score (nSPS) is 11.7. The first-order chi connectivity index (χ1) is 16.8. The molecule has 1 atom stereocenters. The van der Waals surface area contributed by atoms with Gasteiger partial charge in [0.2, 0.25) is 0 Å². The molecule has 2 rings (SSSR count). The summed E-state index contributed by atoms with van der Waals surface area (Å²) in [5, 5.41) is 11.1. The number of hydrogen-bond acceptors (Lipinski definition) is 7. The van der Waals surface area contributed by atoms with Crippen LogP contribution < -0.4 is 0 Å². The summed E-state index contributed by atoms with van der Waals surface area (Å²) in [5.74, 6) is -1.68. The second kappa shape index (κ2) is 14.4. The number of ether oxygens (including phenoxy) is 3. The smallest absolute Gasteiger partial charge is 0.416 e. The number of nitro benzene ring substituents is 1. The van der Waals surface area contributed by atoms with E-state index in [1.807, 2.05) is 13.8 Å². The molecule has 0 fully saturated rings. The second-order valence-corrected chi connectivity index (χ2v) is 7.60. The van der Waals surface area contributed by atoms with Gasteiger partial charge in [0, 0.05) is 29.9 Å². The van der Waals surface area contributed by atoms with Crippen LogP contribution in [0.25, 0.3) is 11.1 Å². The molecule has 0 saturated carbocycles. The fraction of sp³-hybridized carbons (Fsp3) is 0.417. The van der Waals surface area contributed by atoms with Gasteiger partial charge in [0.25, 0.3) is 5.69 Å². The lowest BCUT2D eigenvalue weighted by molar-refractivity contribution is -0.385. The Hall–Kier alpha value is -3.18. The second-order valence-electron chi connectivity index (χ2n) is 7.19. The Morgan fingerprint density at radius 1 is 1.06 bits per heavy atom. The number of esters is 2. The van der Waals surface area contributed by atoms with Crippen molar-refractivity contribution in [2.45, 2.75) is 46.4 Å². The monoisotopic (exact) mass is 533 g/mol. The molecule has 1 unspecified atom stereocenters. The molecule has 0 spiro atoms. The van der Waals surface area contributed by atoms with E-state index in [4.69, 9.17) is 25.8 Å². The van der Waals surface area contributed by atoms with E-state index in [1.165, 1.54) is 13.0 Å². The molecular weight excluding hydrogens is 507 g/mol. The average Bonchev–Trinajstić information content (AvgIpc) is 2.79. The van der Waals surface area contributed by atoms with E-state index in [-0.39, 0.29) is 29.2 Å². The van der Waals surface area contributed by atoms with Gasteiger partial charge in [-0.05, 0) is 57.5 Å². The number of halogens is 4. The Balaban J connectivity index is 0.00000118. The molecule has 12 heteroatoms. The molecule has 0 aliphatic rings. The van der Waals surface area contributed by atoms with Crippen molar-refractivity contribution < 1.29 is 41.9 Å². The zero-order valence-corrected chi connectivity index (χ0v) is 20.9. The SMILES string of the molecule is CCOC(=O)CC(C)OC(=O)c1cc(-c2ccc(C(F)(F)F)cc2Cl)ccc1[N+](=O)[O-].CCOCC. The van der Waals surface area contributed by atoms with Crippen LogP contribution in [-0.2, 0) is 25.2 Å². The Labute approximate surface area is 211 Å². The van der Waals surface area contributed by atoms with Crippen molar-refractivity contribution >= 4 is 29.2 Å². The molecule has 2 aromatic carbocycles. The highest BCUT2D eigenvalue weighted by molar-refractivity contribution is 6.33. The van der Waals surface area contributed by atoms with Crippen molar-refractivity contribution in [3.63, 3.8) is 0 Å². The summed E-state index contributed by atoms with van der Waals surface area (Å²) < 4.78 is 53.2. The third-order valence-electron chi connectivity index (χ3n) is 4.50. The van der Waals surface area contributed by atoms with Crippen molar-refractivity contribution in [1.29, 1.82) is 0 Å². The predicted molar refractivity (Wildman–Crippen MR) is 127 cm³/mol. The number of hydrogen-bond donors (Lipinski definition) is 0. The van der Waals surface area contributed by atoms with Gasteiger partial charge in [-0.1, -0.05) is 17.7 Å². The van der Waals surface area contributed by atoms with E-state index in [9.17, 15) is 32.9 Å². The van der Waals surface area contributed by atoms with Gasteiger partial charge in [-0.3, -0.25) is 14.9 Å². The Morgan fingerprint density at radius 3 is 2.17 bits per heavy atom. The van der Waals surface area contributed by atoms with Crippen LogP contribution >= 0.6 is 11.6 Å². The summed E-state index contributed by atoms with van der Waals surface area (Å²) in [6, 6.07) is 6.01. The summed E-state index contributed by atoms with van der Waals surface area (Å²) in [4.78, 5) is 34.5. The van der Waals surface area contributed by atoms with Gasteiger partial charge in [-0.25, -0.2) is 4.79 Å². The number of alkyl halides is 3. The molecule has 0 amide bonds. The van der Waals surface area contributed by atoms with E-state index >= 15 is 0 Å². The molecule has 36 heavy (non-hydrogen) atoms. The molecule has 198 valence electrons. The summed E-state index contributed by atoms with van der Waals surface area (Å²) in [6.45, 7) is 8.83. The minimum absolute atomic E-state index is 0.137. The fourth-order valence-electron chi connectivity index (χ4n) is 2.90. The molecule has 8 nitrogen and oxygen atoms in total. The maximum Gasteiger partial charge on any atom is 0.416 e. The topological polar surface area (TPSA) is 105 Å². The molecule has 0 aliphatic carbocycles. The summed E-state index contributed by atoms with van der Waals surface area (Å²) in [6.07, 6.45) is -5.77. The largest absolute Gasteiger partial charge is 0.466 e. The lowest BCUT2D eigenvalue weighted by Gasteiger charge is -2.14. The molecule has 0 aromatic heterocycles. The van der Waals surface area contributed by atoms with Crippen molar-refractivity contribution in [3.8, 4) is 11.1 Å². The third kappa shape index (κ3) is 9.46. The minimum atomic E-state index is -4.60. The number of rotatable bonds is 9. The first-order valence-electron chi connectivity index (χ1n) is 10.9. The maximum atomic E-state index is 12.8. The van der Waals surface area contributed by atoms with E-state index in [0.29, 0.717) is 0 Å². The Bertz CT molecular complexity index is 1060. The molecular formula is C24H27ClF3NO7. The van der Waals surface area contributed by atoms with E-state index in [0.717, 1.165) is 43.5 Å². The van der Waals surface area contributed by atoms with Crippen LogP contribution in [0.1, 0.15) is 50.0 Å². The summed E-state index contributed by atoms with van der Waals surface area (Å²) in [5.41, 5.74) is -1.66.